The Kier molecular flexibility index (Phi) is 7.02. The van der Waals surface area contributed by atoms with Crippen molar-refractivity contribution < 1.29 is 9.21 Å². The van der Waals surface area contributed by atoms with Crippen molar-refractivity contribution in [2.75, 3.05) is 19.6 Å². The molecule has 1 aromatic heterocycles. The molecular weight excluding hydrogens is 338 g/mol. The molecule has 2 heterocycles. The lowest BCUT2D eigenvalue weighted by atomic mass is 10.0. The first-order valence-electron chi connectivity index (χ1n) is 8.75. The van der Waals surface area contributed by atoms with E-state index in [0.717, 1.165) is 44.5 Å². The Hall–Kier alpha value is -1.85. The van der Waals surface area contributed by atoms with Crippen LogP contribution in [0.4, 0.5) is 0 Å². The standard InChI is InChI=1S/C19H25N3O2.ClH/c1-3-13-22(16-9-11-20-12-10-16)19(23)17-14(2)21-18(24-17)15-7-5-4-6-8-15;/h4-8,16,20H,3,9-13H2,1-2H3;1H. The van der Waals surface area contributed by atoms with Crippen LogP contribution >= 0.6 is 12.4 Å². The molecule has 2 aromatic rings. The number of hydrogen-bond acceptors (Lipinski definition) is 4. The van der Waals surface area contributed by atoms with Gasteiger partial charge in [0.05, 0.1) is 5.69 Å². The molecule has 1 aliphatic heterocycles. The molecule has 1 aromatic carbocycles. The molecule has 0 bridgehead atoms. The molecular formula is C19H26ClN3O2. The van der Waals surface area contributed by atoms with Crippen molar-refractivity contribution in [3.8, 4) is 11.5 Å². The van der Waals surface area contributed by atoms with E-state index in [4.69, 9.17) is 4.42 Å². The number of rotatable bonds is 5. The molecule has 3 rings (SSSR count). The van der Waals surface area contributed by atoms with Gasteiger partial charge in [0, 0.05) is 18.2 Å². The molecule has 0 atom stereocenters. The van der Waals surface area contributed by atoms with E-state index >= 15 is 0 Å². The molecule has 0 radical (unpaired) electrons. The average molecular weight is 364 g/mol. The van der Waals surface area contributed by atoms with Gasteiger partial charge in [-0.05, 0) is 51.4 Å². The van der Waals surface area contributed by atoms with Crippen molar-refractivity contribution in [2.45, 2.75) is 39.2 Å². The molecule has 5 nitrogen and oxygen atoms in total. The zero-order valence-corrected chi connectivity index (χ0v) is 15.6. The zero-order chi connectivity index (χ0) is 16.9. The Balaban J connectivity index is 0.00000225. The number of carbonyl (C=O) groups excluding carboxylic acids is 1. The summed E-state index contributed by atoms with van der Waals surface area (Å²) in [6.45, 7) is 6.62. The highest BCUT2D eigenvalue weighted by Crippen LogP contribution is 2.24. The van der Waals surface area contributed by atoms with Gasteiger partial charge in [0.1, 0.15) is 0 Å². The van der Waals surface area contributed by atoms with Crippen LogP contribution in [-0.4, -0.2) is 41.5 Å². The van der Waals surface area contributed by atoms with Crippen molar-refractivity contribution in [1.82, 2.24) is 15.2 Å². The topological polar surface area (TPSA) is 58.4 Å². The zero-order valence-electron chi connectivity index (χ0n) is 14.8. The van der Waals surface area contributed by atoms with E-state index in [9.17, 15) is 4.79 Å². The van der Waals surface area contributed by atoms with E-state index in [1.54, 1.807) is 0 Å². The van der Waals surface area contributed by atoms with Gasteiger partial charge < -0.3 is 14.6 Å². The summed E-state index contributed by atoms with van der Waals surface area (Å²) in [7, 11) is 0. The minimum absolute atomic E-state index is 0. The molecule has 6 heteroatoms. The van der Waals surface area contributed by atoms with Crippen LogP contribution in [0.25, 0.3) is 11.5 Å². The number of aromatic nitrogens is 1. The third kappa shape index (κ3) is 4.41. The first-order chi connectivity index (χ1) is 11.7. The Morgan fingerprint density at radius 3 is 2.60 bits per heavy atom. The quantitative estimate of drug-likeness (QED) is 0.880. The lowest BCUT2D eigenvalue weighted by Crippen LogP contribution is -2.46. The van der Waals surface area contributed by atoms with Gasteiger partial charge in [-0.2, -0.15) is 0 Å². The molecule has 0 unspecified atom stereocenters. The van der Waals surface area contributed by atoms with Gasteiger partial charge in [0.2, 0.25) is 11.7 Å². The molecule has 25 heavy (non-hydrogen) atoms. The normalized spacial score (nSPS) is 14.8. The van der Waals surface area contributed by atoms with E-state index in [-0.39, 0.29) is 24.4 Å². The third-order valence-electron chi connectivity index (χ3n) is 4.49. The van der Waals surface area contributed by atoms with Gasteiger partial charge in [-0.25, -0.2) is 4.98 Å². The number of amides is 1. The Labute approximate surface area is 155 Å². The number of benzene rings is 1. The SMILES string of the molecule is CCCN(C(=O)c1oc(-c2ccccc2)nc1C)C1CCNCC1.Cl. The maximum Gasteiger partial charge on any atom is 0.291 e. The first kappa shape index (κ1) is 19.5. The van der Waals surface area contributed by atoms with Crippen LogP contribution in [0.1, 0.15) is 42.4 Å². The number of carbonyl (C=O) groups is 1. The van der Waals surface area contributed by atoms with E-state index in [2.05, 4.69) is 17.2 Å². The summed E-state index contributed by atoms with van der Waals surface area (Å²) in [6.07, 6.45) is 2.92. The molecule has 0 spiro atoms. The molecule has 1 saturated heterocycles. The second-order valence-electron chi connectivity index (χ2n) is 6.28. The fraction of sp³-hybridized carbons (Fsp3) is 0.474. The van der Waals surface area contributed by atoms with Crippen LogP contribution in [0.15, 0.2) is 34.7 Å². The average Bonchev–Trinajstić information content (AvgIpc) is 3.02. The first-order valence-corrected chi connectivity index (χ1v) is 8.75. The minimum Gasteiger partial charge on any atom is -0.431 e. The van der Waals surface area contributed by atoms with Crippen molar-refractivity contribution in [2.24, 2.45) is 0 Å². The predicted octanol–water partition coefficient (Wildman–Crippen LogP) is 3.68. The fourth-order valence-corrected chi connectivity index (χ4v) is 3.24. The monoisotopic (exact) mass is 363 g/mol. The second-order valence-corrected chi connectivity index (χ2v) is 6.28. The highest BCUT2D eigenvalue weighted by atomic mass is 35.5. The highest BCUT2D eigenvalue weighted by Gasteiger charge is 2.29. The Bertz CT molecular complexity index is 681. The lowest BCUT2D eigenvalue weighted by molar-refractivity contribution is 0.0610. The van der Waals surface area contributed by atoms with Gasteiger partial charge in [-0.3, -0.25) is 4.79 Å². The van der Waals surface area contributed by atoms with Crippen LogP contribution < -0.4 is 5.32 Å². The van der Waals surface area contributed by atoms with Gasteiger partial charge in [0.25, 0.3) is 5.91 Å². The van der Waals surface area contributed by atoms with Crippen molar-refractivity contribution in [1.29, 1.82) is 0 Å². The summed E-state index contributed by atoms with van der Waals surface area (Å²) >= 11 is 0. The Morgan fingerprint density at radius 2 is 1.96 bits per heavy atom. The molecule has 1 aliphatic rings. The number of hydrogen-bond donors (Lipinski definition) is 1. The molecule has 1 fully saturated rings. The number of nitrogens with one attached hydrogen (secondary N) is 1. The largest absolute Gasteiger partial charge is 0.431 e. The van der Waals surface area contributed by atoms with Crippen molar-refractivity contribution in [3.63, 3.8) is 0 Å². The summed E-state index contributed by atoms with van der Waals surface area (Å²) < 4.78 is 5.86. The van der Waals surface area contributed by atoms with Crippen LogP contribution in [0.5, 0.6) is 0 Å². The van der Waals surface area contributed by atoms with Gasteiger partial charge in [-0.15, -0.1) is 12.4 Å². The van der Waals surface area contributed by atoms with Gasteiger partial charge in [0.15, 0.2) is 0 Å². The number of nitrogens with zero attached hydrogens (tertiary/aromatic N) is 2. The lowest BCUT2D eigenvalue weighted by Gasteiger charge is -2.34. The molecule has 136 valence electrons. The Morgan fingerprint density at radius 1 is 1.28 bits per heavy atom. The fourth-order valence-electron chi connectivity index (χ4n) is 3.24. The van der Waals surface area contributed by atoms with Gasteiger partial charge in [-0.1, -0.05) is 25.1 Å². The summed E-state index contributed by atoms with van der Waals surface area (Å²) in [4.78, 5) is 19.5. The minimum atomic E-state index is -0.0315. The molecule has 1 N–H and O–H groups in total. The number of oxazole rings is 1. The maximum atomic E-state index is 13.1. The maximum absolute atomic E-state index is 13.1. The molecule has 0 aliphatic carbocycles. The number of piperidine rings is 1. The van der Waals surface area contributed by atoms with Crippen LogP contribution in [0, 0.1) is 6.92 Å². The summed E-state index contributed by atoms with van der Waals surface area (Å²) in [5.74, 6) is 0.856. The number of halogens is 1. The van der Waals surface area contributed by atoms with Crippen molar-refractivity contribution in [3.05, 3.63) is 41.8 Å². The van der Waals surface area contributed by atoms with E-state index in [1.807, 2.05) is 42.2 Å². The van der Waals surface area contributed by atoms with E-state index < -0.39 is 0 Å². The molecule has 0 saturated carbocycles. The van der Waals surface area contributed by atoms with E-state index in [1.165, 1.54) is 0 Å². The van der Waals surface area contributed by atoms with Crippen LogP contribution in [0.3, 0.4) is 0 Å². The van der Waals surface area contributed by atoms with Crippen molar-refractivity contribution >= 4 is 18.3 Å². The summed E-state index contributed by atoms with van der Waals surface area (Å²) in [5, 5.41) is 3.35. The third-order valence-corrected chi connectivity index (χ3v) is 4.49. The van der Waals surface area contributed by atoms with E-state index in [0.29, 0.717) is 17.3 Å². The smallest absolute Gasteiger partial charge is 0.291 e. The van der Waals surface area contributed by atoms with Crippen LogP contribution in [0.2, 0.25) is 0 Å². The van der Waals surface area contributed by atoms with Gasteiger partial charge >= 0.3 is 0 Å². The summed E-state index contributed by atoms with van der Waals surface area (Å²) in [5.41, 5.74) is 1.55. The highest BCUT2D eigenvalue weighted by molar-refractivity contribution is 5.93. The number of aryl methyl sites for hydroxylation is 1. The molecule has 1 amide bonds. The summed E-state index contributed by atoms with van der Waals surface area (Å²) in [6, 6.07) is 9.99. The second kappa shape index (κ2) is 9.02. The van der Waals surface area contributed by atoms with Crippen LogP contribution in [-0.2, 0) is 0 Å². The predicted molar refractivity (Wildman–Crippen MR) is 101 cm³/mol.